The number of carbonyl (C=O) groups excluding carboxylic acids is 1. The van der Waals surface area contributed by atoms with Crippen LogP contribution in [0.15, 0.2) is 12.3 Å². The molecule has 88 valence electrons. The molecule has 0 fully saturated rings. The summed E-state index contributed by atoms with van der Waals surface area (Å²) in [5, 5.41) is 12.8. The summed E-state index contributed by atoms with van der Waals surface area (Å²) in [5.74, 6) is -1.33. The maximum atomic E-state index is 11.2. The van der Waals surface area contributed by atoms with Crippen LogP contribution in [0.25, 0.3) is 0 Å². The Morgan fingerprint density at radius 3 is 2.69 bits per heavy atom. The molecule has 1 heterocycles. The van der Waals surface area contributed by atoms with Gasteiger partial charge in [-0.1, -0.05) is 6.92 Å². The van der Waals surface area contributed by atoms with Crippen LogP contribution in [-0.2, 0) is 11.8 Å². The smallest absolute Gasteiger partial charge is 0.320 e. The van der Waals surface area contributed by atoms with E-state index in [0.717, 1.165) is 4.90 Å². The minimum Gasteiger partial charge on any atom is -0.481 e. The first-order valence-electron chi connectivity index (χ1n) is 4.71. The lowest BCUT2D eigenvalue weighted by atomic mass is 10.2. The Morgan fingerprint density at radius 2 is 2.31 bits per heavy atom. The lowest BCUT2D eigenvalue weighted by Gasteiger charge is -2.19. The van der Waals surface area contributed by atoms with Crippen LogP contribution < -0.4 is 10.6 Å². The van der Waals surface area contributed by atoms with Gasteiger partial charge in [0.1, 0.15) is 0 Å². The lowest BCUT2D eigenvalue weighted by molar-refractivity contribution is -0.140. The average Bonchev–Trinajstić information content (AvgIpc) is 2.59. The largest absolute Gasteiger partial charge is 0.481 e. The van der Waals surface area contributed by atoms with Crippen LogP contribution in [0.4, 0.5) is 10.6 Å². The van der Waals surface area contributed by atoms with Crippen molar-refractivity contribution in [2.45, 2.75) is 6.92 Å². The minimum absolute atomic E-state index is 0.00167. The first kappa shape index (κ1) is 12.0. The van der Waals surface area contributed by atoms with Crippen molar-refractivity contribution in [3.63, 3.8) is 0 Å². The third-order valence-electron chi connectivity index (χ3n) is 2.12. The van der Waals surface area contributed by atoms with E-state index >= 15 is 0 Å². The fourth-order valence-electron chi connectivity index (χ4n) is 1.20. The molecular formula is C9H14N4O3. The number of anilines is 1. The number of amides is 2. The maximum Gasteiger partial charge on any atom is 0.320 e. The molecule has 0 aliphatic rings. The summed E-state index contributed by atoms with van der Waals surface area (Å²) in [7, 11) is 1.70. The maximum absolute atomic E-state index is 11.2. The van der Waals surface area contributed by atoms with E-state index in [1.807, 2.05) is 0 Å². The second-order valence-electron chi connectivity index (χ2n) is 3.54. The van der Waals surface area contributed by atoms with Crippen LogP contribution in [0.2, 0.25) is 0 Å². The van der Waals surface area contributed by atoms with Gasteiger partial charge in [-0.3, -0.25) is 14.4 Å². The van der Waals surface area contributed by atoms with Gasteiger partial charge in [-0.05, 0) is 0 Å². The topological polar surface area (TPSA) is 101 Å². The molecule has 1 aromatic heterocycles. The number of hydrogen-bond donors (Lipinski definition) is 2. The van der Waals surface area contributed by atoms with Gasteiger partial charge in [0.2, 0.25) is 0 Å². The molecule has 7 nitrogen and oxygen atoms in total. The molecule has 16 heavy (non-hydrogen) atoms. The van der Waals surface area contributed by atoms with Gasteiger partial charge < -0.3 is 10.8 Å². The van der Waals surface area contributed by atoms with Crippen molar-refractivity contribution in [2.24, 2.45) is 18.7 Å². The molecular weight excluding hydrogens is 212 g/mol. The summed E-state index contributed by atoms with van der Waals surface area (Å²) in [6.07, 6.45) is 1.65. The van der Waals surface area contributed by atoms with E-state index in [2.05, 4.69) is 5.10 Å². The lowest BCUT2D eigenvalue weighted by Crippen LogP contribution is -2.40. The van der Waals surface area contributed by atoms with E-state index in [-0.39, 0.29) is 6.54 Å². The summed E-state index contributed by atoms with van der Waals surface area (Å²) in [4.78, 5) is 23.0. The number of urea groups is 1. The number of hydrogen-bond acceptors (Lipinski definition) is 3. The fourth-order valence-corrected chi connectivity index (χ4v) is 1.20. The summed E-state index contributed by atoms with van der Waals surface area (Å²) >= 11 is 0. The van der Waals surface area contributed by atoms with Crippen molar-refractivity contribution in [1.29, 1.82) is 0 Å². The second-order valence-corrected chi connectivity index (χ2v) is 3.54. The van der Waals surface area contributed by atoms with Gasteiger partial charge in [-0.15, -0.1) is 0 Å². The SMILES string of the molecule is CC(CN(C(N)=O)c1ccn(C)n1)C(=O)O. The number of primary amides is 1. The van der Waals surface area contributed by atoms with E-state index in [1.165, 1.54) is 11.6 Å². The molecule has 0 spiro atoms. The molecule has 0 saturated heterocycles. The standard InChI is InChI=1S/C9H14N4O3/c1-6(8(14)15)5-13(9(10)16)7-3-4-12(2)11-7/h3-4,6H,5H2,1-2H3,(H2,10,16)(H,14,15). The zero-order valence-corrected chi connectivity index (χ0v) is 9.12. The van der Waals surface area contributed by atoms with Crippen LogP contribution in [0.1, 0.15) is 6.92 Å². The average molecular weight is 226 g/mol. The predicted molar refractivity (Wildman–Crippen MR) is 56.9 cm³/mol. The van der Waals surface area contributed by atoms with Crippen molar-refractivity contribution in [2.75, 3.05) is 11.4 Å². The van der Waals surface area contributed by atoms with Gasteiger partial charge >= 0.3 is 12.0 Å². The van der Waals surface area contributed by atoms with Crippen LogP contribution in [0.3, 0.4) is 0 Å². The highest BCUT2D eigenvalue weighted by molar-refractivity contribution is 5.90. The molecule has 1 atom stereocenters. The number of rotatable bonds is 4. The quantitative estimate of drug-likeness (QED) is 0.755. The van der Waals surface area contributed by atoms with E-state index < -0.39 is 17.9 Å². The van der Waals surface area contributed by atoms with Crippen LogP contribution in [-0.4, -0.2) is 33.4 Å². The number of carboxylic acid groups (broad SMARTS) is 1. The van der Waals surface area contributed by atoms with E-state index in [1.54, 1.807) is 19.3 Å². The van der Waals surface area contributed by atoms with Crippen molar-refractivity contribution >= 4 is 17.8 Å². The molecule has 7 heteroatoms. The van der Waals surface area contributed by atoms with Gasteiger partial charge in [0.25, 0.3) is 0 Å². The van der Waals surface area contributed by atoms with E-state index in [4.69, 9.17) is 10.8 Å². The Hall–Kier alpha value is -2.05. The van der Waals surface area contributed by atoms with Crippen LogP contribution in [0, 0.1) is 5.92 Å². The van der Waals surface area contributed by atoms with E-state index in [0.29, 0.717) is 5.82 Å². The summed E-state index contributed by atoms with van der Waals surface area (Å²) in [6.45, 7) is 1.50. The zero-order valence-electron chi connectivity index (χ0n) is 9.12. The molecule has 0 saturated carbocycles. The van der Waals surface area contributed by atoms with Crippen molar-refractivity contribution in [1.82, 2.24) is 9.78 Å². The molecule has 1 rings (SSSR count). The Bertz CT molecular complexity index is 401. The number of aliphatic carboxylic acids is 1. The Morgan fingerprint density at radius 1 is 1.69 bits per heavy atom. The molecule has 0 radical (unpaired) electrons. The van der Waals surface area contributed by atoms with Gasteiger partial charge in [-0.2, -0.15) is 5.10 Å². The van der Waals surface area contributed by atoms with Crippen LogP contribution >= 0.6 is 0 Å². The van der Waals surface area contributed by atoms with Crippen molar-refractivity contribution < 1.29 is 14.7 Å². The third kappa shape index (κ3) is 2.72. The molecule has 2 amide bonds. The molecule has 1 unspecified atom stereocenters. The van der Waals surface area contributed by atoms with Crippen molar-refractivity contribution in [3.05, 3.63) is 12.3 Å². The van der Waals surface area contributed by atoms with Gasteiger partial charge in [0, 0.05) is 25.9 Å². The number of carboxylic acids is 1. The van der Waals surface area contributed by atoms with Gasteiger partial charge in [0.05, 0.1) is 5.92 Å². The third-order valence-corrected chi connectivity index (χ3v) is 2.12. The number of nitrogens with two attached hydrogens (primary N) is 1. The summed E-state index contributed by atoms with van der Waals surface area (Å²) < 4.78 is 1.51. The Labute approximate surface area is 92.4 Å². The van der Waals surface area contributed by atoms with E-state index in [9.17, 15) is 9.59 Å². The Kier molecular flexibility index (Phi) is 3.49. The predicted octanol–water partition coefficient (Wildman–Crippen LogP) is 0.0259. The molecule has 0 aromatic carbocycles. The highest BCUT2D eigenvalue weighted by atomic mass is 16.4. The molecule has 3 N–H and O–H groups in total. The van der Waals surface area contributed by atoms with Crippen molar-refractivity contribution in [3.8, 4) is 0 Å². The minimum atomic E-state index is -0.984. The Balaban J connectivity index is 2.84. The number of aryl methyl sites for hydroxylation is 1. The fraction of sp³-hybridized carbons (Fsp3) is 0.444. The first-order chi connectivity index (χ1) is 7.41. The second kappa shape index (κ2) is 4.65. The zero-order chi connectivity index (χ0) is 12.3. The number of nitrogens with zero attached hydrogens (tertiary/aromatic N) is 3. The molecule has 0 bridgehead atoms. The first-order valence-corrected chi connectivity index (χ1v) is 4.71. The van der Waals surface area contributed by atoms with Gasteiger partial charge in [-0.25, -0.2) is 4.79 Å². The summed E-state index contributed by atoms with van der Waals surface area (Å²) in [5.41, 5.74) is 5.17. The molecule has 1 aromatic rings. The monoisotopic (exact) mass is 226 g/mol. The highest BCUT2D eigenvalue weighted by Crippen LogP contribution is 2.12. The number of carbonyl (C=O) groups is 2. The highest BCUT2D eigenvalue weighted by Gasteiger charge is 2.21. The normalized spacial score (nSPS) is 12.1. The molecule has 0 aliphatic heterocycles. The molecule has 0 aliphatic carbocycles. The number of aromatic nitrogens is 2. The van der Waals surface area contributed by atoms with Gasteiger partial charge in [0.15, 0.2) is 5.82 Å². The van der Waals surface area contributed by atoms with Crippen LogP contribution in [0.5, 0.6) is 0 Å². The summed E-state index contributed by atoms with van der Waals surface area (Å²) in [6, 6.07) is 0.881.